The fourth-order valence-corrected chi connectivity index (χ4v) is 4.18. The number of benzene rings is 2. The maximum atomic E-state index is 11.6. The molecule has 1 fully saturated rings. The van der Waals surface area contributed by atoms with Crippen molar-refractivity contribution >= 4 is 27.0 Å². The van der Waals surface area contributed by atoms with Crippen LogP contribution in [0.1, 0.15) is 18.4 Å². The van der Waals surface area contributed by atoms with E-state index in [9.17, 15) is 8.42 Å². The van der Waals surface area contributed by atoms with Crippen molar-refractivity contribution in [2.45, 2.75) is 29.8 Å². The second-order valence-corrected chi connectivity index (χ2v) is 9.09. The molecule has 0 bridgehead atoms. The van der Waals surface area contributed by atoms with E-state index >= 15 is 0 Å². The molecule has 0 aromatic heterocycles. The number of sulfone groups is 1. The van der Waals surface area contributed by atoms with Crippen molar-refractivity contribution < 1.29 is 13.2 Å². The summed E-state index contributed by atoms with van der Waals surface area (Å²) in [5.41, 5.74) is 2.81. The molecule has 2 heterocycles. The number of ether oxygens (including phenoxy) is 1. The molecule has 2 N–H and O–H groups in total. The van der Waals surface area contributed by atoms with E-state index in [1.165, 1.54) is 6.26 Å². The van der Waals surface area contributed by atoms with E-state index in [0.29, 0.717) is 24.7 Å². The molecule has 27 heavy (non-hydrogen) atoms. The third kappa shape index (κ3) is 3.70. The predicted octanol–water partition coefficient (Wildman–Crippen LogP) is 3.08. The molecule has 7 heteroatoms. The molecule has 2 aliphatic heterocycles. The second-order valence-electron chi connectivity index (χ2n) is 7.07. The van der Waals surface area contributed by atoms with Crippen LogP contribution in [0.2, 0.25) is 0 Å². The highest BCUT2D eigenvalue weighted by Crippen LogP contribution is 2.36. The lowest BCUT2D eigenvalue weighted by Crippen LogP contribution is -2.55. The van der Waals surface area contributed by atoms with Gasteiger partial charge >= 0.3 is 0 Å². The molecule has 2 aromatic rings. The van der Waals surface area contributed by atoms with Gasteiger partial charge < -0.3 is 15.4 Å². The van der Waals surface area contributed by atoms with Gasteiger partial charge in [0.05, 0.1) is 28.4 Å². The van der Waals surface area contributed by atoms with E-state index in [2.05, 4.69) is 16.7 Å². The molecule has 2 aromatic carbocycles. The Bertz CT molecular complexity index is 962. The van der Waals surface area contributed by atoms with E-state index in [4.69, 9.17) is 9.73 Å². The minimum absolute atomic E-state index is 0.251. The summed E-state index contributed by atoms with van der Waals surface area (Å²) >= 11 is 0. The van der Waals surface area contributed by atoms with E-state index in [0.717, 1.165) is 35.6 Å². The van der Waals surface area contributed by atoms with Crippen molar-refractivity contribution in [3.05, 3.63) is 54.1 Å². The van der Waals surface area contributed by atoms with Crippen LogP contribution in [0.4, 0.5) is 11.4 Å². The number of aliphatic imine (C=N–C) groups is 1. The van der Waals surface area contributed by atoms with Gasteiger partial charge in [-0.3, -0.25) is 4.99 Å². The summed E-state index contributed by atoms with van der Waals surface area (Å²) < 4.78 is 28.8. The Morgan fingerprint density at radius 2 is 1.70 bits per heavy atom. The number of nitrogens with zero attached hydrogens (tertiary/aromatic N) is 1. The molecule has 2 aliphatic rings. The Labute approximate surface area is 159 Å². The number of hydrogen-bond donors (Lipinski definition) is 2. The van der Waals surface area contributed by atoms with Crippen molar-refractivity contribution in [2.75, 3.05) is 30.1 Å². The molecule has 1 saturated heterocycles. The summed E-state index contributed by atoms with van der Waals surface area (Å²) in [4.78, 5) is 5.18. The minimum Gasteiger partial charge on any atom is -0.381 e. The molecule has 0 saturated carbocycles. The molecule has 1 spiro atoms. The second kappa shape index (κ2) is 6.98. The highest BCUT2D eigenvalue weighted by molar-refractivity contribution is 7.90. The molecule has 4 rings (SSSR count). The molecule has 142 valence electrons. The number of fused-ring (bicyclic) bond motifs is 1. The predicted molar refractivity (Wildman–Crippen MR) is 107 cm³/mol. The fourth-order valence-electron chi connectivity index (χ4n) is 3.55. The van der Waals surface area contributed by atoms with Crippen LogP contribution in [0.3, 0.4) is 0 Å². The van der Waals surface area contributed by atoms with Crippen molar-refractivity contribution in [3.8, 4) is 0 Å². The van der Waals surface area contributed by atoms with E-state index in [1.807, 2.05) is 30.3 Å². The van der Waals surface area contributed by atoms with Crippen LogP contribution >= 0.6 is 0 Å². The first-order chi connectivity index (χ1) is 13.0. The first kappa shape index (κ1) is 18.0. The van der Waals surface area contributed by atoms with Crippen molar-refractivity contribution in [2.24, 2.45) is 4.99 Å². The number of nitrogens with one attached hydrogen (secondary N) is 2. The van der Waals surface area contributed by atoms with Gasteiger partial charge in [-0.1, -0.05) is 24.3 Å². The standard InChI is InChI=1S/C20H23N3O3S/c1-27(24,25)16-8-6-15(7-9-16)14-21-19-20(10-12-26-13-11-20)23-18-5-3-2-4-17(18)22-19/h2-9,23H,10-14H2,1H3,(H,21,22). The molecule has 0 aliphatic carbocycles. The van der Waals surface area contributed by atoms with Gasteiger partial charge in [-0.05, 0) is 29.8 Å². The summed E-state index contributed by atoms with van der Waals surface area (Å²) in [6.45, 7) is 1.87. The van der Waals surface area contributed by atoms with Gasteiger partial charge in [0.1, 0.15) is 5.84 Å². The smallest absolute Gasteiger partial charge is 0.175 e. The third-order valence-corrected chi connectivity index (χ3v) is 6.25. The van der Waals surface area contributed by atoms with Gasteiger partial charge in [0.2, 0.25) is 0 Å². The van der Waals surface area contributed by atoms with Gasteiger partial charge in [0.15, 0.2) is 9.84 Å². The van der Waals surface area contributed by atoms with E-state index in [-0.39, 0.29) is 5.54 Å². The Balaban J connectivity index is 1.61. The number of rotatable bonds is 3. The number of anilines is 2. The first-order valence-electron chi connectivity index (χ1n) is 9.02. The van der Waals surface area contributed by atoms with Crippen molar-refractivity contribution in [1.82, 2.24) is 0 Å². The van der Waals surface area contributed by atoms with Gasteiger partial charge in [0.25, 0.3) is 0 Å². The van der Waals surface area contributed by atoms with Crippen LogP contribution in [0.5, 0.6) is 0 Å². The SMILES string of the molecule is CS(=O)(=O)c1ccc(CN=C2Nc3ccccc3NC23CCOCC3)cc1. The average molecular weight is 385 g/mol. The van der Waals surface area contributed by atoms with Crippen LogP contribution in [0.25, 0.3) is 0 Å². The topological polar surface area (TPSA) is 79.8 Å². The van der Waals surface area contributed by atoms with E-state index in [1.54, 1.807) is 12.1 Å². The third-order valence-electron chi connectivity index (χ3n) is 5.12. The maximum Gasteiger partial charge on any atom is 0.175 e. The number of amidine groups is 1. The summed E-state index contributed by atoms with van der Waals surface area (Å²) in [5.74, 6) is 0.914. The van der Waals surface area contributed by atoms with Crippen LogP contribution in [0, 0.1) is 0 Å². The quantitative estimate of drug-likeness (QED) is 0.849. The average Bonchev–Trinajstić information content (AvgIpc) is 2.66. The molecule has 0 radical (unpaired) electrons. The molecular weight excluding hydrogens is 362 g/mol. The lowest BCUT2D eigenvalue weighted by Gasteiger charge is -2.43. The molecule has 0 unspecified atom stereocenters. The molecular formula is C20H23N3O3S. The van der Waals surface area contributed by atoms with Gasteiger partial charge in [-0.2, -0.15) is 0 Å². The van der Waals surface area contributed by atoms with Crippen molar-refractivity contribution in [3.63, 3.8) is 0 Å². The Kier molecular flexibility index (Phi) is 4.65. The monoisotopic (exact) mass is 385 g/mol. The van der Waals surface area contributed by atoms with Crippen molar-refractivity contribution in [1.29, 1.82) is 0 Å². The lowest BCUT2D eigenvalue weighted by atomic mass is 9.86. The first-order valence-corrected chi connectivity index (χ1v) is 10.9. The van der Waals surface area contributed by atoms with Gasteiger partial charge in [-0.25, -0.2) is 8.42 Å². The molecule has 6 nitrogen and oxygen atoms in total. The van der Waals surface area contributed by atoms with Gasteiger partial charge in [-0.15, -0.1) is 0 Å². The highest BCUT2D eigenvalue weighted by Gasteiger charge is 2.41. The fraction of sp³-hybridized carbons (Fsp3) is 0.350. The Hall–Kier alpha value is -2.38. The zero-order chi connectivity index (χ0) is 18.9. The number of hydrogen-bond acceptors (Lipinski definition) is 5. The Morgan fingerprint density at radius 1 is 1.04 bits per heavy atom. The van der Waals surface area contributed by atoms with Gasteiger partial charge in [0, 0.05) is 32.3 Å². The summed E-state index contributed by atoms with van der Waals surface area (Å²) in [6, 6.07) is 15.0. The minimum atomic E-state index is -3.18. The van der Waals surface area contributed by atoms with Crippen LogP contribution in [-0.4, -0.2) is 39.3 Å². The maximum absolute atomic E-state index is 11.6. The molecule has 0 atom stereocenters. The largest absolute Gasteiger partial charge is 0.381 e. The zero-order valence-corrected chi connectivity index (χ0v) is 16.1. The highest BCUT2D eigenvalue weighted by atomic mass is 32.2. The molecule has 0 amide bonds. The summed E-state index contributed by atoms with van der Waals surface area (Å²) in [6.07, 6.45) is 2.91. The summed E-state index contributed by atoms with van der Waals surface area (Å²) in [7, 11) is -3.18. The van der Waals surface area contributed by atoms with Crippen LogP contribution in [0.15, 0.2) is 58.4 Å². The summed E-state index contributed by atoms with van der Waals surface area (Å²) in [5, 5.41) is 7.17. The van der Waals surface area contributed by atoms with E-state index < -0.39 is 9.84 Å². The van der Waals surface area contributed by atoms with Crippen LogP contribution in [-0.2, 0) is 21.1 Å². The zero-order valence-electron chi connectivity index (χ0n) is 15.2. The van der Waals surface area contributed by atoms with Crippen LogP contribution < -0.4 is 10.6 Å². The number of para-hydroxylation sites is 2. The lowest BCUT2D eigenvalue weighted by molar-refractivity contribution is 0.0778. The normalized spacial score (nSPS) is 20.0. The Morgan fingerprint density at radius 3 is 2.37 bits per heavy atom.